The zero-order valence-electron chi connectivity index (χ0n) is 6.41. The summed E-state index contributed by atoms with van der Waals surface area (Å²) in [5.74, 6) is -0.306. The summed E-state index contributed by atoms with van der Waals surface area (Å²) in [5.41, 5.74) is 13.0. The second kappa shape index (κ2) is 5.64. The van der Waals surface area contributed by atoms with Crippen molar-refractivity contribution in [3.8, 4) is 5.75 Å². The topological polar surface area (TPSA) is 129 Å². The summed E-state index contributed by atoms with van der Waals surface area (Å²) < 4.78 is 4.59. The standard InChI is InChI=1S/C6H6O4.N3/c7-2-4-1-5(8)6(9)3-10-4;1-3-2/h1,3,7,9H,2H2;/q;-1. The highest BCUT2D eigenvalue weighted by Gasteiger charge is 1.98. The lowest BCUT2D eigenvalue weighted by molar-refractivity contribution is 0.241. The third-order valence-corrected chi connectivity index (χ3v) is 1.02. The minimum Gasteiger partial charge on any atom is -0.502 e. The van der Waals surface area contributed by atoms with Gasteiger partial charge in [-0.05, 0) is 0 Å². The fourth-order valence-electron chi connectivity index (χ4n) is 0.527. The van der Waals surface area contributed by atoms with Gasteiger partial charge in [-0.1, -0.05) is 0 Å². The fraction of sp³-hybridized carbons (Fsp3) is 0.167. The van der Waals surface area contributed by atoms with Crippen molar-refractivity contribution in [1.82, 2.24) is 0 Å². The molecule has 7 nitrogen and oxygen atoms in total. The Morgan fingerprint density at radius 2 is 2.08 bits per heavy atom. The Balaban J connectivity index is 0.000000424. The van der Waals surface area contributed by atoms with E-state index in [1.807, 2.05) is 0 Å². The van der Waals surface area contributed by atoms with Gasteiger partial charge in [-0.15, -0.1) is 0 Å². The van der Waals surface area contributed by atoms with Gasteiger partial charge in [-0.2, -0.15) is 0 Å². The first-order valence-corrected chi connectivity index (χ1v) is 3.05. The molecule has 1 rings (SSSR count). The maximum atomic E-state index is 10.6. The Morgan fingerprint density at radius 3 is 2.46 bits per heavy atom. The van der Waals surface area contributed by atoms with Crippen LogP contribution in [0.3, 0.4) is 0 Å². The lowest BCUT2D eigenvalue weighted by Gasteiger charge is -1.92. The lowest BCUT2D eigenvalue weighted by atomic mass is 10.4. The van der Waals surface area contributed by atoms with E-state index in [1.54, 1.807) is 0 Å². The molecule has 0 spiro atoms. The highest BCUT2D eigenvalue weighted by molar-refractivity contribution is 5.14. The molecule has 0 aliphatic rings. The molecule has 1 aromatic heterocycles. The van der Waals surface area contributed by atoms with Gasteiger partial charge in [0.1, 0.15) is 18.6 Å². The number of nitrogens with zero attached hydrogens (tertiary/aromatic N) is 3. The van der Waals surface area contributed by atoms with E-state index in [1.165, 1.54) is 4.91 Å². The van der Waals surface area contributed by atoms with E-state index in [-0.39, 0.29) is 12.4 Å². The van der Waals surface area contributed by atoms with Crippen molar-refractivity contribution in [3.05, 3.63) is 44.3 Å². The van der Waals surface area contributed by atoms with Crippen LogP contribution in [0.1, 0.15) is 5.76 Å². The van der Waals surface area contributed by atoms with Crippen LogP contribution in [-0.4, -0.2) is 10.2 Å². The van der Waals surface area contributed by atoms with E-state index >= 15 is 0 Å². The predicted molar refractivity (Wildman–Crippen MR) is 42.6 cm³/mol. The lowest BCUT2D eigenvalue weighted by Crippen LogP contribution is -1.99. The zero-order valence-corrected chi connectivity index (χ0v) is 6.41. The second-order valence-electron chi connectivity index (χ2n) is 1.84. The molecule has 0 unspecified atom stereocenters. The van der Waals surface area contributed by atoms with Crippen molar-refractivity contribution in [1.29, 1.82) is 0 Å². The van der Waals surface area contributed by atoms with Gasteiger partial charge in [0.25, 0.3) is 0 Å². The fourth-order valence-corrected chi connectivity index (χ4v) is 0.527. The van der Waals surface area contributed by atoms with E-state index < -0.39 is 11.2 Å². The van der Waals surface area contributed by atoms with Crippen LogP contribution in [0.25, 0.3) is 16.0 Å². The molecular weight excluding hydrogens is 178 g/mol. The Morgan fingerprint density at radius 1 is 1.54 bits per heavy atom. The van der Waals surface area contributed by atoms with Crippen LogP contribution in [0.4, 0.5) is 0 Å². The Bertz CT molecular complexity index is 353. The average Bonchev–Trinajstić information content (AvgIpc) is 2.11. The molecule has 0 bridgehead atoms. The molecule has 13 heavy (non-hydrogen) atoms. The summed E-state index contributed by atoms with van der Waals surface area (Å²) in [6.45, 7) is -0.338. The van der Waals surface area contributed by atoms with Crippen LogP contribution in [0.15, 0.2) is 21.5 Å². The van der Waals surface area contributed by atoms with Crippen molar-refractivity contribution in [2.45, 2.75) is 6.61 Å². The van der Waals surface area contributed by atoms with E-state index in [4.69, 9.17) is 21.3 Å². The molecule has 0 radical (unpaired) electrons. The monoisotopic (exact) mass is 184 g/mol. The average molecular weight is 184 g/mol. The summed E-state index contributed by atoms with van der Waals surface area (Å²) in [7, 11) is 0. The molecule has 0 aliphatic carbocycles. The summed E-state index contributed by atoms with van der Waals surface area (Å²) in [6, 6.07) is 1.04. The van der Waals surface area contributed by atoms with E-state index in [9.17, 15) is 4.79 Å². The third-order valence-electron chi connectivity index (χ3n) is 1.02. The van der Waals surface area contributed by atoms with Crippen LogP contribution in [0.2, 0.25) is 0 Å². The van der Waals surface area contributed by atoms with Crippen molar-refractivity contribution >= 4 is 0 Å². The van der Waals surface area contributed by atoms with E-state index in [0.717, 1.165) is 12.3 Å². The van der Waals surface area contributed by atoms with Gasteiger partial charge in [0.15, 0.2) is 5.75 Å². The summed E-state index contributed by atoms with van der Waals surface area (Å²) in [6.07, 6.45) is 0.897. The molecular formula is C6H6N3O4-. The number of aromatic hydroxyl groups is 1. The minimum atomic E-state index is -0.546. The summed E-state index contributed by atoms with van der Waals surface area (Å²) >= 11 is 0. The molecule has 0 atom stereocenters. The van der Waals surface area contributed by atoms with Crippen LogP contribution in [0.5, 0.6) is 5.75 Å². The van der Waals surface area contributed by atoms with E-state index in [0.29, 0.717) is 0 Å². The zero-order chi connectivity index (χ0) is 10.3. The molecule has 70 valence electrons. The molecule has 0 aliphatic heterocycles. The van der Waals surface area contributed by atoms with Gasteiger partial charge < -0.3 is 25.7 Å². The van der Waals surface area contributed by atoms with Gasteiger partial charge in [0, 0.05) is 6.07 Å². The Hall–Kier alpha value is -1.98. The number of aliphatic hydroxyl groups excluding tert-OH is 1. The van der Waals surface area contributed by atoms with Crippen LogP contribution in [0, 0.1) is 0 Å². The Labute approximate surface area is 72.3 Å². The molecule has 1 aromatic rings. The largest absolute Gasteiger partial charge is 0.502 e. The number of rotatable bonds is 1. The molecule has 7 heteroatoms. The first-order valence-electron chi connectivity index (χ1n) is 3.05. The highest BCUT2D eigenvalue weighted by Crippen LogP contribution is 2.01. The molecule has 0 amide bonds. The minimum absolute atomic E-state index is 0.141. The molecule has 2 N–H and O–H groups in total. The van der Waals surface area contributed by atoms with Gasteiger partial charge >= 0.3 is 0 Å². The van der Waals surface area contributed by atoms with Crippen molar-refractivity contribution in [3.63, 3.8) is 0 Å². The van der Waals surface area contributed by atoms with Crippen molar-refractivity contribution in [2.75, 3.05) is 0 Å². The maximum Gasteiger partial charge on any atom is 0.226 e. The molecule has 0 saturated carbocycles. The highest BCUT2D eigenvalue weighted by atomic mass is 16.4. The molecule has 0 aromatic carbocycles. The van der Waals surface area contributed by atoms with Crippen molar-refractivity contribution in [2.24, 2.45) is 0 Å². The Kier molecular flexibility index (Phi) is 4.78. The van der Waals surface area contributed by atoms with Crippen LogP contribution >= 0.6 is 0 Å². The van der Waals surface area contributed by atoms with Crippen LogP contribution < -0.4 is 5.43 Å². The van der Waals surface area contributed by atoms with Crippen molar-refractivity contribution < 1.29 is 14.6 Å². The first-order chi connectivity index (χ1) is 6.15. The maximum absolute atomic E-state index is 10.6. The smallest absolute Gasteiger partial charge is 0.226 e. The SMILES string of the molecule is O=c1cc(CO)occ1O.[N-]=[N+]=[N-]. The summed E-state index contributed by atoms with van der Waals surface area (Å²) in [5, 5.41) is 17.1. The normalized spacial score (nSPS) is 8.08. The molecule has 0 fully saturated rings. The second-order valence-corrected chi connectivity index (χ2v) is 1.84. The van der Waals surface area contributed by atoms with Crippen LogP contribution in [-0.2, 0) is 6.61 Å². The number of hydrogen-bond acceptors (Lipinski definition) is 4. The molecule has 0 saturated heterocycles. The summed E-state index contributed by atoms with van der Waals surface area (Å²) in [4.78, 5) is 12.1. The van der Waals surface area contributed by atoms with Gasteiger partial charge in [0.2, 0.25) is 5.43 Å². The van der Waals surface area contributed by atoms with E-state index in [2.05, 4.69) is 4.42 Å². The van der Waals surface area contributed by atoms with Gasteiger partial charge in [0.05, 0.1) is 0 Å². The molecule has 1 heterocycles. The van der Waals surface area contributed by atoms with Gasteiger partial charge in [-0.3, -0.25) is 9.71 Å². The quantitative estimate of drug-likeness (QED) is 0.378. The third kappa shape index (κ3) is 3.80. The first kappa shape index (κ1) is 11.0. The number of aliphatic hydroxyl groups is 1. The predicted octanol–water partition coefficient (Wildman–Crippen LogP) is 0.704. The number of hydrogen-bond donors (Lipinski definition) is 2. The van der Waals surface area contributed by atoms with Gasteiger partial charge in [-0.25, -0.2) is 0 Å².